The molecule has 10 heteroatoms. The van der Waals surface area contributed by atoms with Crippen LogP contribution in [0.15, 0.2) is 36.2 Å². The Balaban J connectivity index is 1.48. The van der Waals surface area contributed by atoms with E-state index in [0.717, 1.165) is 43.7 Å². The zero-order chi connectivity index (χ0) is 23.6. The van der Waals surface area contributed by atoms with Crippen LogP contribution in [-0.2, 0) is 17.4 Å². The average Bonchev–Trinajstić information content (AvgIpc) is 3.37. The molecule has 34 heavy (non-hydrogen) atoms. The normalized spacial score (nSPS) is 25.5. The maximum atomic E-state index is 13.9. The van der Waals surface area contributed by atoms with Gasteiger partial charge in [-0.25, -0.2) is 4.98 Å². The number of ether oxygens (including phenoxy) is 1. The van der Waals surface area contributed by atoms with Crippen LogP contribution in [0.3, 0.4) is 0 Å². The van der Waals surface area contributed by atoms with E-state index in [-0.39, 0.29) is 23.0 Å². The van der Waals surface area contributed by atoms with Crippen LogP contribution in [0.1, 0.15) is 38.1 Å². The number of aryl methyl sites for hydroxylation is 1. The average molecular weight is 464 g/mol. The third-order valence-electron chi connectivity index (χ3n) is 7.78. The number of fused-ring (bicyclic) bond motifs is 1. The molecule has 1 saturated heterocycles. The SMILES string of the molecule is C=CC(=O)N1CCCC(n2cc(Nc3cn(C)nc3OC)c3ncn(C45CC(C4)C5)c3c2=O)C1. The number of carbonyl (C=O) groups excluding carboxylic acids is 1. The van der Waals surface area contributed by atoms with E-state index in [1.807, 2.05) is 25.8 Å². The smallest absolute Gasteiger partial charge is 0.277 e. The van der Waals surface area contributed by atoms with E-state index in [1.165, 1.54) is 6.08 Å². The van der Waals surface area contributed by atoms with Crippen LogP contribution in [0.25, 0.3) is 11.0 Å². The monoisotopic (exact) mass is 463 g/mol. The lowest BCUT2D eigenvalue weighted by Crippen LogP contribution is -2.59. The number of imidazole rings is 1. The molecule has 178 valence electrons. The molecule has 1 atom stereocenters. The van der Waals surface area contributed by atoms with Gasteiger partial charge >= 0.3 is 0 Å². The highest BCUT2D eigenvalue weighted by Crippen LogP contribution is 2.62. The summed E-state index contributed by atoms with van der Waals surface area (Å²) in [5.74, 6) is 1.14. The second-order valence-electron chi connectivity index (χ2n) is 9.90. The van der Waals surface area contributed by atoms with Crippen LogP contribution in [0.2, 0.25) is 0 Å². The molecule has 3 aromatic heterocycles. The molecule has 7 rings (SSSR count). The second kappa shape index (κ2) is 7.48. The quantitative estimate of drug-likeness (QED) is 0.564. The summed E-state index contributed by atoms with van der Waals surface area (Å²) in [7, 11) is 3.41. The zero-order valence-electron chi connectivity index (χ0n) is 19.5. The van der Waals surface area contributed by atoms with Crippen molar-refractivity contribution in [3.05, 3.63) is 41.7 Å². The first-order valence-electron chi connectivity index (χ1n) is 11.8. The fraction of sp³-hybridized carbons (Fsp3) is 0.500. The van der Waals surface area contributed by atoms with Crippen molar-refractivity contribution >= 4 is 28.3 Å². The van der Waals surface area contributed by atoms with Crippen LogP contribution < -0.4 is 15.6 Å². The van der Waals surface area contributed by atoms with Gasteiger partial charge in [0.1, 0.15) is 16.7 Å². The van der Waals surface area contributed by atoms with Crippen molar-refractivity contribution in [2.75, 3.05) is 25.5 Å². The van der Waals surface area contributed by atoms with Crippen LogP contribution in [0.4, 0.5) is 11.4 Å². The number of hydrogen-bond acceptors (Lipinski definition) is 6. The molecule has 1 aliphatic heterocycles. The number of amides is 1. The standard InChI is InChI=1S/C24H29N7O3/c1-4-19(32)29-7-5-6-16(11-29)30-13-17(26-18-12-28(2)27-22(18)34-3)20-21(23(30)33)31(14-25-20)24-8-15(9-24)10-24/h4,12-16,26H,1,5-11H2,2-3H3. The van der Waals surface area contributed by atoms with E-state index < -0.39 is 0 Å². The highest BCUT2D eigenvalue weighted by molar-refractivity contribution is 5.90. The molecule has 1 unspecified atom stereocenters. The Hall–Kier alpha value is -3.56. The van der Waals surface area contributed by atoms with Gasteiger partial charge in [-0.05, 0) is 44.1 Å². The predicted octanol–water partition coefficient (Wildman–Crippen LogP) is 2.54. The third kappa shape index (κ3) is 3.00. The number of piperidine rings is 1. The molecule has 4 heterocycles. The highest BCUT2D eigenvalue weighted by Gasteiger charge is 2.58. The number of nitrogens with zero attached hydrogens (tertiary/aromatic N) is 6. The van der Waals surface area contributed by atoms with Gasteiger partial charge in [-0.15, -0.1) is 5.10 Å². The maximum Gasteiger partial charge on any atom is 0.277 e. The summed E-state index contributed by atoms with van der Waals surface area (Å²) < 4.78 is 11.0. The number of methoxy groups -OCH3 is 1. The lowest BCUT2D eigenvalue weighted by atomic mass is 9.49. The largest absolute Gasteiger partial charge is 0.478 e. The lowest BCUT2D eigenvalue weighted by molar-refractivity contribution is -0.127. The van der Waals surface area contributed by atoms with E-state index in [1.54, 1.807) is 21.3 Å². The summed E-state index contributed by atoms with van der Waals surface area (Å²) >= 11 is 0. The number of aromatic nitrogens is 5. The molecule has 0 radical (unpaired) electrons. The van der Waals surface area contributed by atoms with Gasteiger partial charge in [-0.3, -0.25) is 14.3 Å². The van der Waals surface area contributed by atoms with Crippen molar-refractivity contribution in [1.29, 1.82) is 0 Å². The molecular formula is C24H29N7O3. The Labute approximate surface area is 196 Å². The summed E-state index contributed by atoms with van der Waals surface area (Å²) in [6, 6.07) is -0.123. The Morgan fingerprint density at radius 3 is 2.76 bits per heavy atom. The molecule has 4 aliphatic rings. The van der Waals surface area contributed by atoms with Gasteiger partial charge in [0.05, 0.1) is 31.4 Å². The predicted molar refractivity (Wildman–Crippen MR) is 127 cm³/mol. The van der Waals surface area contributed by atoms with E-state index in [0.29, 0.717) is 35.7 Å². The lowest BCUT2D eigenvalue weighted by Gasteiger charge is -2.62. The molecule has 4 fully saturated rings. The van der Waals surface area contributed by atoms with Crippen LogP contribution >= 0.6 is 0 Å². The second-order valence-corrected chi connectivity index (χ2v) is 9.90. The number of carbonyl (C=O) groups is 1. The summed E-state index contributed by atoms with van der Waals surface area (Å²) in [5, 5.41) is 7.74. The van der Waals surface area contributed by atoms with E-state index >= 15 is 0 Å². The molecule has 3 saturated carbocycles. The minimum absolute atomic E-state index is 0.0262. The highest BCUT2D eigenvalue weighted by atomic mass is 16.5. The minimum atomic E-state index is -0.123. The fourth-order valence-corrected chi connectivity index (χ4v) is 5.94. The zero-order valence-corrected chi connectivity index (χ0v) is 19.5. The molecule has 3 aromatic rings. The van der Waals surface area contributed by atoms with Gasteiger partial charge in [0.25, 0.3) is 11.4 Å². The van der Waals surface area contributed by atoms with E-state index in [9.17, 15) is 9.59 Å². The van der Waals surface area contributed by atoms with Crippen molar-refractivity contribution in [2.24, 2.45) is 13.0 Å². The third-order valence-corrected chi connectivity index (χ3v) is 7.78. The summed E-state index contributed by atoms with van der Waals surface area (Å²) in [6.07, 6.45) is 11.8. The first kappa shape index (κ1) is 21.0. The van der Waals surface area contributed by atoms with Crippen molar-refractivity contribution in [2.45, 2.75) is 43.7 Å². The summed E-state index contributed by atoms with van der Waals surface area (Å²) in [6.45, 7) is 4.78. The topological polar surface area (TPSA) is 99.2 Å². The van der Waals surface area contributed by atoms with Gasteiger partial charge in [0.2, 0.25) is 5.91 Å². The number of rotatable bonds is 6. The molecular weight excluding hydrogens is 434 g/mol. The number of hydrogen-bond donors (Lipinski definition) is 1. The molecule has 0 spiro atoms. The van der Waals surface area contributed by atoms with Crippen molar-refractivity contribution < 1.29 is 9.53 Å². The van der Waals surface area contributed by atoms with Gasteiger partial charge in [-0.2, -0.15) is 0 Å². The number of anilines is 2. The molecule has 10 nitrogen and oxygen atoms in total. The Morgan fingerprint density at radius 1 is 1.29 bits per heavy atom. The Morgan fingerprint density at radius 2 is 2.09 bits per heavy atom. The van der Waals surface area contributed by atoms with Crippen LogP contribution in [0, 0.1) is 5.92 Å². The summed E-state index contributed by atoms with van der Waals surface area (Å²) in [4.78, 5) is 32.7. The Bertz CT molecular complexity index is 1350. The fourth-order valence-electron chi connectivity index (χ4n) is 5.94. The van der Waals surface area contributed by atoms with Crippen LogP contribution in [0.5, 0.6) is 5.88 Å². The van der Waals surface area contributed by atoms with E-state index in [4.69, 9.17) is 9.72 Å². The van der Waals surface area contributed by atoms with Gasteiger partial charge in [0.15, 0.2) is 0 Å². The van der Waals surface area contributed by atoms with Crippen molar-refractivity contribution in [3.63, 3.8) is 0 Å². The Kier molecular flexibility index (Phi) is 4.62. The van der Waals surface area contributed by atoms with Crippen molar-refractivity contribution in [1.82, 2.24) is 28.8 Å². The first-order chi connectivity index (χ1) is 16.4. The molecule has 1 amide bonds. The maximum absolute atomic E-state index is 13.9. The van der Waals surface area contributed by atoms with Crippen LogP contribution in [-0.4, -0.2) is 54.9 Å². The van der Waals surface area contributed by atoms with E-state index in [2.05, 4.69) is 21.6 Å². The van der Waals surface area contributed by atoms with Gasteiger partial charge in [-0.1, -0.05) is 6.58 Å². The van der Waals surface area contributed by atoms with Gasteiger partial charge in [0, 0.05) is 31.9 Å². The van der Waals surface area contributed by atoms with Gasteiger partial charge < -0.3 is 24.1 Å². The first-order valence-corrected chi connectivity index (χ1v) is 11.8. The molecule has 3 aliphatic carbocycles. The van der Waals surface area contributed by atoms with Crippen molar-refractivity contribution in [3.8, 4) is 5.88 Å². The molecule has 1 N–H and O–H groups in total. The molecule has 2 bridgehead atoms. The number of likely N-dealkylation sites (tertiary alicyclic amines) is 1. The number of nitrogens with one attached hydrogen (secondary N) is 1. The number of pyridine rings is 1. The summed E-state index contributed by atoms with van der Waals surface area (Å²) in [5.41, 5.74) is 2.66. The molecule has 0 aromatic carbocycles. The minimum Gasteiger partial charge on any atom is -0.478 e.